The Labute approximate surface area is 123 Å². The van der Waals surface area contributed by atoms with Crippen molar-refractivity contribution < 1.29 is 4.79 Å². The second-order valence-electron chi connectivity index (χ2n) is 6.28. The third kappa shape index (κ3) is 4.19. The van der Waals surface area contributed by atoms with Crippen molar-refractivity contribution in [2.75, 3.05) is 32.7 Å². The molecular weight excluding hydrogens is 250 g/mol. The predicted octanol–water partition coefficient (Wildman–Crippen LogP) is 1.85. The minimum absolute atomic E-state index is 0.0654. The number of piperidine rings is 1. The highest BCUT2D eigenvalue weighted by Crippen LogP contribution is 2.17. The number of nitrogens with zero attached hydrogens (tertiary/aromatic N) is 2. The minimum Gasteiger partial charge on any atom is -0.341 e. The number of hydrogen-bond acceptors (Lipinski definition) is 3. The van der Waals surface area contributed by atoms with Crippen LogP contribution in [-0.4, -0.2) is 60.5 Å². The van der Waals surface area contributed by atoms with Crippen LogP contribution in [0, 0.1) is 0 Å². The molecule has 0 aromatic carbocycles. The largest absolute Gasteiger partial charge is 0.341 e. The normalized spacial score (nSPS) is 24.4. The van der Waals surface area contributed by atoms with Gasteiger partial charge >= 0.3 is 0 Å². The summed E-state index contributed by atoms with van der Waals surface area (Å²) in [5.41, 5.74) is 0. The summed E-state index contributed by atoms with van der Waals surface area (Å²) in [6.07, 6.45) is 7.28. The first-order chi connectivity index (χ1) is 9.72. The molecule has 2 heterocycles. The highest BCUT2D eigenvalue weighted by Gasteiger charge is 2.29. The standard InChI is InChI=1S/C16H31N3O/c1-3-17-15-8-12-18(13-9-15)14(2)16(20)19-10-6-4-5-7-11-19/h14-15,17H,3-13H2,1-2H3. The highest BCUT2D eigenvalue weighted by atomic mass is 16.2. The van der Waals surface area contributed by atoms with Crippen LogP contribution in [0.4, 0.5) is 0 Å². The number of amides is 1. The molecule has 1 N–H and O–H groups in total. The van der Waals surface area contributed by atoms with Gasteiger partial charge in [0.25, 0.3) is 0 Å². The van der Waals surface area contributed by atoms with E-state index in [0.717, 1.165) is 32.7 Å². The number of nitrogens with one attached hydrogen (secondary N) is 1. The van der Waals surface area contributed by atoms with E-state index >= 15 is 0 Å². The van der Waals surface area contributed by atoms with Gasteiger partial charge in [-0.15, -0.1) is 0 Å². The van der Waals surface area contributed by atoms with Crippen molar-refractivity contribution in [3.8, 4) is 0 Å². The topological polar surface area (TPSA) is 35.6 Å². The van der Waals surface area contributed by atoms with Crippen molar-refractivity contribution in [1.82, 2.24) is 15.1 Å². The smallest absolute Gasteiger partial charge is 0.239 e. The van der Waals surface area contributed by atoms with Gasteiger partial charge in [-0.05, 0) is 39.2 Å². The summed E-state index contributed by atoms with van der Waals surface area (Å²) in [7, 11) is 0. The van der Waals surface area contributed by atoms with Gasteiger partial charge in [-0.2, -0.15) is 0 Å². The zero-order valence-corrected chi connectivity index (χ0v) is 13.2. The number of likely N-dealkylation sites (tertiary alicyclic amines) is 2. The van der Waals surface area contributed by atoms with E-state index < -0.39 is 0 Å². The SMILES string of the molecule is CCNC1CCN(C(C)C(=O)N2CCCCCC2)CC1. The second-order valence-corrected chi connectivity index (χ2v) is 6.28. The molecule has 20 heavy (non-hydrogen) atoms. The summed E-state index contributed by atoms with van der Waals surface area (Å²) in [5.74, 6) is 0.355. The van der Waals surface area contributed by atoms with Gasteiger partial charge in [-0.25, -0.2) is 0 Å². The highest BCUT2D eigenvalue weighted by molar-refractivity contribution is 5.81. The molecule has 1 amide bonds. The van der Waals surface area contributed by atoms with E-state index in [1.807, 2.05) is 0 Å². The van der Waals surface area contributed by atoms with Crippen LogP contribution in [0.15, 0.2) is 0 Å². The van der Waals surface area contributed by atoms with Gasteiger partial charge in [-0.1, -0.05) is 19.8 Å². The van der Waals surface area contributed by atoms with Crippen LogP contribution >= 0.6 is 0 Å². The molecule has 2 rings (SSSR count). The number of hydrogen-bond donors (Lipinski definition) is 1. The molecule has 2 fully saturated rings. The van der Waals surface area contributed by atoms with Crippen molar-refractivity contribution >= 4 is 5.91 Å². The Morgan fingerprint density at radius 3 is 2.25 bits per heavy atom. The molecule has 1 unspecified atom stereocenters. The third-order valence-electron chi connectivity index (χ3n) is 4.85. The molecule has 0 spiro atoms. The average Bonchev–Trinajstić information content (AvgIpc) is 2.76. The molecule has 116 valence electrons. The number of carbonyl (C=O) groups excluding carboxylic acids is 1. The molecular formula is C16H31N3O. The Morgan fingerprint density at radius 2 is 1.70 bits per heavy atom. The van der Waals surface area contributed by atoms with Gasteiger partial charge < -0.3 is 10.2 Å². The van der Waals surface area contributed by atoms with E-state index in [4.69, 9.17) is 0 Å². The van der Waals surface area contributed by atoms with Crippen LogP contribution in [0.2, 0.25) is 0 Å². The van der Waals surface area contributed by atoms with Crippen molar-refractivity contribution in [1.29, 1.82) is 0 Å². The predicted molar refractivity (Wildman–Crippen MR) is 82.8 cm³/mol. The van der Waals surface area contributed by atoms with Crippen molar-refractivity contribution in [3.63, 3.8) is 0 Å². The van der Waals surface area contributed by atoms with E-state index in [9.17, 15) is 4.79 Å². The summed E-state index contributed by atoms with van der Waals surface area (Å²) in [5, 5.41) is 3.52. The number of rotatable bonds is 4. The lowest BCUT2D eigenvalue weighted by atomic mass is 10.0. The van der Waals surface area contributed by atoms with E-state index in [1.165, 1.54) is 38.5 Å². The maximum atomic E-state index is 12.6. The Bertz CT molecular complexity index is 292. The lowest BCUT2D eigenvalue weighted by Crippen LogP contribution is -2.52. The summed E-state index contributed by atoms with van der Waals surface area (Å²) < 4.78 is 0. The average molecular weight is 281 g/mol. The number of carbonyl (C=O) groups is 1. The zero-order valence-electron chi connectivity index (χ0n) is 13.2. The van der Waals surface area contributed by atoms with Crippen LogP contribution in [0.1, 0.15) is 52.4 Å². The van der Waals surface area contributed by atoms with Gasteiger partial charge in [-0.3, -0.25) is 9.69 Å². The molecule has 4 nitrogen and oxygen atoms in total. The molecule has 2 aliphatic rings. The van der Waals surface area contributed by atoms with Crippen LogP contribution in [0.25, 0.3) is 0 Å². The summed E-state index contributed by atoms with van der Waals surface area (Å²) in [4.78, 5) is 17.1. The molecule has 4 heteroatoms. The maximum absolute atomic E-state index is 12.6. The molecule has 2 saturated heterocycles. The second kappa shape index (κ2) is 7.99. The molecule has 0 aromatic rings. The van der Waals surface area contributed by atoms with Gasteiger partial charge in [0.15, 0.2) is 0 Å². The van der Waals surface area contributed by atoms with Gasteiger partial charge in [0, 0.05) is 32.2 Å². The quantitative estimate of drug-likeness (QED) is 0.854. The van der Waals surface area contributed by atoms with E-state index in [-0.39, 0.29) is 6.04 Å². The Kier molecular flexibility index (Phi) is 6.30. The molecule has 1 atom stereocenters. The van der Waals surface area contributed by atoms with Gasteiger partial charge in [0.05, 0.1) is 6.04 Å². The fourth-order valence-corrected chi connectivity index (χ4v) is 3.49. The van der Waals surface area contributed by atoms with Gasteiger partial charge in [0.1, 0.15) is 0 Å². The Morgan fingerprint density at radius 1 is 1.10 bits per heavy atom. The van der Waals surface area contributed by atoms with Crippen molar-refractivity contribution in [2.24, 2.45) is 0 Å². The van der Waals surface area contributed by atoms with E-state index in [0.29, 0.717) is 11.9 Å². The molecule has 0 radical (unpaired) electrons. The lowest BCUT2D eigenvalue weighted by molar-refractivity contribution is -0.136. The van der Waals surface area contributed by atoms with Gasteiger partial charge in [0.2, 0.25) is 5.91 Å². The van der Waals surface area contributed by atoms with E-state index in [2.05, 4.69) is 29.0 Å². The summed E-state index contributed by atoms with van der Waals surface area (Å²) in [6.45, 7) is 9.36. The summed E-state index contributed by atoms with van der Waals surface area (Å²) in [6, 6.07) is 0.715. The van der Waals surface area contributed by atoms with E-state index in [1.54, 1.807) is 0 Å². The maximum Gasteiger partial charge on any atom is 0.239 e. The monoisotopic (exact) mass is 281 g/mol. The summed E-state index contributed by atoms with van der Waals surface area (Å²) >= 11 is 0. The first kappa shape index (κ1) is 15.8. The molecule has 2 aliphatic heterocycles. The fraction of sp³-hybridized carbons (Fsp3) is 0.938. The first-order valence-corrected chi connectivity index (χ1v) is 8.48. The Hall–Kier alpha value is -0.610. The van der Waals surface area contributed by atoms with Crippen LogP contribution in [0.3, 0.4) is 0 Å². The van der Waals surface area contributed by atoms with Crippen LogP contribution < -0.4 is 5.32 Å². The lowest BCUT2D eigenvalue weighted by Gasteiger charge is -2.37. The fourth-order valence-electron chi connectivity index (χ4n) is 3.49. The van der Waals surface area contributed by atoms with Crippen LogP contribution in [0.5, 0.6) is 0 Å². The minimum atomic E-state index is 0.0654. The van der Waals surface area contributed by atoms with Crippen molar-refractivity contribution in [3.05, 3.63) is 0 Å². The Balaban J connectivity index is 1.81. The van der Waals surface area contributed by atoms with Crippen LogP contribution in [-0.2, 0) is 4.79 Å². The molecule has 0 saturated carbocycles. The third-order valence-corrected chi connectivity index (χ3v) is 4.85. The zero-order chi connectivity index (χ0) is 14.4. The first-order valence-electron chi connectivity index (χ1n) is 8.48. The van der Waals surface area contributed by atoms with Crippen molar-refractivity contribution in [2.45, 2.75) is 64.5 Å². The molecule has 0 aromatic heterocycles. The molecule has 0 aliphatic carbocycles. The molecule has 0 bridgehead atoms.